The van der Waals surface area contributed by atoms with Gasteiger partial charge in [0.2, 0.25) is 0 Å². The molecule has 0 atom stereocenters. The van der Waals surface area contributed by atoms with Crippen molar-refractivity contribution in [2.75, 3.05) is 20.0 Å². The number of hydrogen-bond acceptors (Lipinski definition) is 5. The fourth-order valence-corrected chi connectivity index (χ4v) is 1.65. The van der Waals surface area contributed by atoms with Crippen LogP contribution in [0, 0.1) is 0 Å². The fraction of sp³-hybridized carbons (Fsp3) is 0.300. The number of benzene rings is 1. The molecule has 0 unspecified atom stereocenters. The van der Waals surface area contributed by atoms with E-state index in [0.29, 0.717) is 17.1 Å². The van der Waals surface area contributed by atoms with E-state index >= 15 is 0 Å². The highest BCUT2D eigenvalue weighted by Crippen LogP contribution is 2.40. The van der Waals surface area contributed by atoms with Crippen LogP contribution in [0.4, 0.5) is 5.69 Å². The van der Waals surface area contributed by atoms with E-state index in [0.717, 1.165) is 5.56 Å². The quantitative estimate of drug-likeness (QED) is 0.580. The van der Waals surface area contributed by atoms with Crippen LogP contribution in [0.1, 0.15) is 15.9 Å². The molecule has 1 aliphatic rings. The third kappa shape index (κ3) is 1.27. The Hall–Kier alpha value is -1.91. The second-order valence-electron chi connectivity index (χ2n) is 3.14. The molecule has 0 aliphatic carbocycles. The highest BCUT2D eigenvalue weighted by atomic mass is 16.5. The van der Waals surface area contributed by atoms with Gasteiger partial charge in [-0.2, -0.15) is 0 Å². The highest BCUT2D eigenvalue weighted by molar-refractivity contribution is 6.01. The first kappa shape index (κ1) is 9.64. The maximum Gasteiger partial charge on any atom is 0.341 e. The molecular formula is C10H11NO4. The number of anilines is 1. The van der Waals surface area contributed by atoms with Gasteiger partial charge in [0, 0.05) is 5.56 Å². The molecule has 0 radical (unpaired) electrons. The Bertz CT molecular complexity index is 428. The number of carbonyl (C=O) groups excluding carboxylic acids is 1. The lowest BCUT2D eigenvalue weighted by molar-refractivity contribution is 0.0535. The van der Waals surface area contributed by atoms with Crippen LogP contribution in [-0.2, 0) is 11.3 Å². The van der Waals surface area contributed by atoms with E-state index in [1.165, 1.54) is 14.2 Å². The van der Waals surface area contributed by atoms with Crippen molar-refractivity contribution in [2.24, 2.45) is 0 Å². The lowest BCUT2D eigenvalue weighted by Crippen LogP contribution is -2.04. The van der Waals surface area contributed by atoms with Crippen LogP contribution in [-0.4, -0.2) is 20.2 Å². The zero-order valence-corrected chi connectivity index (χ0v) is 8.49. The van der Waals surface area contributed by atoms with Gasteiger partial charge in [-0.25, -0.2) is 4.79 Å². The van der Waals surface area contributed by atoms with Gasteiger partial charge in [0.25, 0.3) is 0 Å². The smallest absolute Gasteiger partial charge is 0.341 e. The van der Waals surface area contributed by atoms with Crippen LogP contribution in [0.2, 0.25) is 0 Å². The van der Waals surface area contributed by atoms with Crippen LogP contribution >= 0.6 is 0 Å². The highest BCUT2D eigenvalue weighted by Gasteiger charge is 2.28. The Morgan fingerprint density at radius 1 is 1.40 bits per heavy atom. The van der Waals surface area contributed by atoms with E-state index in [-0.39, 0.29) is 12.3 Å². The summed E-state index contributed by atoms with van der Waals surface area (Å²) in [6.45, 7) is 0.235. The molecule has 2 N–H and O–H groups in total. The van der Waals surface area contributed by atoms with E-state index in [9.17, 15) is 4.79 Å². The van der Waals surface area contributed by atoms with Crippen molar-refractivity contribution in [3.05, 3.63) is 17.2 Å². The Morgan fingerprint density at radius 3 is 2.73 bits per heavy atom. The fourth-order valence-electron chi connectivity index (χ4n) is 1.65. The monoisotopic (exact) mass is 209 g/mol. The maximum absolute atomic E-state index is 11.4. The number of nitrogens with two attached hydrogens (primary N) is 1. The average Bonchev–Trinajstić information content (AvgIpc) is 2.60. The minimum atomic E-state index is -0.413. The predicted octanol–water partition coefficient (Wildman–Crippen LogP) is 0.956. The van der Waals surface area contributed by atoms with Crippen LogP contribution in [0.5, 0.6) is 11.5 Å². The summed E-state index contributed by atoms with van der Waals surface area (Å²) in [6.07, 6.45) is 0. The molecule has 0 fully saturated rings. The van der Waals surface area contributed by atoms with E-state index in [2.05, 4.69) is 0 Å². The first-order valence-electron chi connectivity index (χ1n) is 4.39. The summed E-state index contributed by atoms with van der Waals surface area (Å²) in [7, 11) is 2.99. The van der Waals surface area contributed by atoms with Gasteiger partial charge in [0.05, 0.1) is 25.5 Å². The molecular weight excluding hydrogens is 198 g/mol. The van der Waals surface area contributed by atoms with Gasteiger partial charge in [-0.15, -0.1) is 0 Å². The molecule has 5 nitrogen and oxygen atoms in total. The number of esters is 1. The molecule has 5 heteroatoms. The van der Waals surface area contributed by atoms with Crippen molar-refractivity contribution >= 4 is 11.7 Å². The van der Waals surface area contributed by atoms with Crippen LogP contribution in [0.25, 0.3) is 0 Å². The van der Waals surface area contributed by atoms with Gasteiger partial charge in [-0.3, -0.25) is 0 Å². The van der Waals surface area contributed by atoms with E-state index in [1.807, 2.05) is 0 Å². The van der Waals surface area contributed by atoms with Gasteiger partial charge in [0.1, 0.15) is 6.61 Å². The lowest BCUT2D eigenvalue weighted by atomic mass is 10.1. The topological polar surface area (TPSA) is 70.8 Å². The molecule has 0 saturated heterocycles. The second-order valence-corrected chi connectivity index (χ2v) is 3.14. The van der Waals surface area contributed by atoms with Crippen molar-refractivity contribution in [1.29, 1.82) is 0 Å². The molecule has 1 aromatic rings. The zero-order chi connectivity index (χ0) is 11.0. The number of ether oxygens (including phenoxy) is 3. The molecule has 1 aromatic carbocycles. The van der Waals surface area contributed by atoms with E-state index < -0.39 is 5.97 Å². The summed E-state index contributed by atoms with van der Waals surface area (Å²) >= 11 is 0. The van der Waals surface area contributed by atoms with Crippen molar-refractivity contribution < 1.29 is 19.0 Å². The zero-order valence-electron chi connectivity index (χ0n) is 8.49. The summed E-state index contributed by atoms with van der Waals surface area (Å²) in [4.78, 5) is 11.4. The molecule has 0 spiro atoms. The van der Waals surface area contributed by atoms with Crippen molar-refractivity contribution in [2.45, 2.75) is 6.61 Å². The number of fused-ring (bicyclic) bond motifs is 1. The van der Waals surface area contributed by atoms with Crippen LogP contribution in [0.15, 0.2) is 6.07 Å². The number of methoxy groups -OCH3 is 2. The van der Waals surface area contributed by atoms with Crippen molar-refractivity contribution in [3.63, 3.8) is 0 Å². The summed E-state index contributed by atoms with van der Waals surface area (Å²) in [6, 6.07) is 1.70. The van der Waals surface area contributed by atoms with Gasteiger partial charge in [-0.05, 0) is 6.07 Å². The van der Waals surface area contributed by atoms with Gasteiger partial charge in [-0.1, -0.05) is 0 Å². The number of hydrogen-bond donors (Lipinski definition) is 1. The minimum absolute atomic E-state index is 0.235. The van der Waals surface area contributed by atoms with Crippen LogP contribution < -0.4 is 15.2 Å². The summed E-state index contributed by atoms with van der Waals surface area (Å²) in [5, 5.41) is 0. The normalized spacial score (nSPS) is 13.3. The van der Waals surface area contributed by atoms with Crippen molar-refractivity contribution in [1.82, 2.24) is 0 Å². The number of rotatable bonds is 2. The Balaban J connectivity index is 2.67. The SMILES string of the molecule is COc1cc2c(c(N)c1OC)C(=O)OC2. The van der Waals surface area contributed by atoms with Crippen molar-refractivity contribution in [3.8, 4) is 11.5 Å². The van der Waals surface area contributed by atoms with Gasteiger partial charge >= 0.3 is 5.97 Å². The molecule has 0 bridgehead atoms. The minimum Gasteiger partial charge on any atom is -0.493 e. The third-order valence-electron chi connectivity index (χ3n) is 2.35. The molecule has 80 valence electrons. The molecule has 0 amide bonds. The Morgan fingerprint density at radius 2 is 2.13 bits per heavy atom. The largest absolute Gasteiger partial charge is 0.493 e. The molecule has 2 rings (SSSR count). The molecule has 0 saturated carbocycles. The predicted molar refractivity (Wildman–Crippen MR) is 53.1 cm³/mol. The molecule has 1 heterocycles. The van der Waals surface area contributed by atoms with Crippen LogP contribution in [0.3, 0.4) is 0 Å². The maximum atomic E-state index is 11.4. The summed E-state index contributed by atoms with van der Waals surface area (Å²) < 4.78 is 15.1. The number of nitrogen functional groups attached to an aromatic ring is 1. The Kier molecular flexibility index (Phi) is 2.15. The van der Waals surface area contributed by atoms with E-state index in [1.54, 1.807) is 6.07 Å². The first-order chi connectivity index (χ1) is 7.19. The number of cyclic esters (lactones) is 1. The first-order valence-corrected chi connectivity index (χ1v) is 4.39. The van der Waals surface area contributed by atoms with Gasteiger partial charge in [0.15, 0.2) is 11.5 Å². The number of carbonyl (C=O) groups is 1. The third-order valence-corrected chi connectivity index (χ3v) is 2.35. The summed E-state index contributed by atoms with van der Waals surface area (Å²) in [5.41, 5.74) is 7.19. The average molecular weight is 209 g/mol. The molecule has 0 aromatic heterocycles. The van der Waals surface area contributed by atoms with E-state index in [4.69, 9.17) is 19.9 Å². The molecule has 1 aliphatic heterocycles. The standard InChI is InChI=1S/C10H11NO4/c1-13-6-3-5-4-15-10(12)7(5)8(11)9(6)14-2/h3H,4,11H2,1-2H3. The second kappa shape index (κ2) is 3.34. The summed E-state index contributed by atoms with van der Waals surface area (Å²) in [5.74, 6) is 0.464. The molecule has 15 heavy (non-hydrogen) atoms. The van der Waals surface area contributed by atoms with Gasteiger partial charge < -0.3 is 19.9 Å². The lowest BCUT2D eigenvalue weighted by Gasteiger charge is -2.11. The Labute approximate surface area is 86.7 Å².